The molecule has 0 amide bonds. The second-order valence-corrected chi connectivity index (χ2v) is 5.46. The van der Waals surface area contributed by atoms with Crippen LogP contribution in [0.4, 0.5) is 13.2 Å². The van der Waals surface area contributed by atoms with Crippen LogP contribution in [0, 0.1) is 6.92 Å². The van der Waals surface area contributed by atoms with E-state index in [1.54, 1.807) is 0 Å². The Labute approximate surface area is 131 Å². The van der Waals surface area contributed by atoms with E-state index in [-0.39, 0.29) is 12.4 Å². The Bertz CT molecular complexity index is 643. The molecule has 1 unspecified atom stereocenters. The number of aliphatic hydroxyl groups is 1. The third-order valence-corrected chi connectivity index (χ3v) is 3.39. The number of likely N-dealkylation sites (N-methyl/N-ethyl adjacent to an activating group) is 1. The molecule has 1 heterocycles. The third kappa shape index (κ3) is 5.04. The number of aromatic nitrogens is 2. The maximum absolute atomic E-state index is 12.3. The fraction of sp³-hybridized carbons (Fsp3) is 0.467. The predicted molar refractivity (Wildman–Crippen MR) is 76.7 cm³/mol. The first-order chi connectivity index (χ1) is 10.8. The highest BCUT2D eigenvalue weighted by Crippen LogP contribution is 2.20. The summed E-state index contributed by atoms with van der Waals surface area (Å²) >= 11 is 0. The van der Waals surface area contributed by atoms with Crippen molar-refractivity contribution in [1.82, 2.24) is 15.0 Å². The van der Waals surface area contributed by atoms with Gasteiger partial charge in [-0.15, -0.1) is 0 Å². The van der Waals surface area contributed by atoms with Crippen molar-refractivity contribution in [1.29, 1.82) is 0 Å². The molecule has 5 nitrogen and oxygen atoms in total. The van der Waals surface area contributed by atoms with Crippen LogP contribution in [0.15, 0.2) is 28.8 Å². The maximum Gasteiger partial charge on any atom is 0.415 e. The molecule has 23 heavy (non-hydrogen) atoms. The third-order valence-electron chi connectivity index (χ3n) is 3.39. The van der Waals surface area contributed by atoms with Gasteiger partial charge in [-0.3, -0.25) is 4.90 Å². The average molecular weight is 329 g/mol. The highest BCUT2D eigenvalue weighted by molar-refractivity contribution is 5.27. The van der Waals surface area contributed by atoms with E-state index in [4.69, 9.17) is 9.63 Å². The first kappa shape index (κ1) is 17.4. The van der Waals surface area contributed by atoms with Gasteiger partial charge in [0.1, 0.15) is 0 Å². The van der Waals surface area contributed by atoms with E-state index in [1.165, 1.54) is 11.9 Å². The Hall–Kier alpha value is -1.93. The summed E-state index contributed by atoms with van der Waals surface area (Å²) in [6.45, 7) is 1.45. The molecule has 1 aromatic heterocycles. The molecule has 0 aliphatic heterocycles. The summed E-state index contributed by atoms with van der Waals surface area (Å²) in [6.07, 6.45) is -6.55. The van der Waals surface area contributed by atoms with Crippen molar-refractivity contribution >= 4 is 0 Å². The van der Waals surface area contributed by atoms with Crippen molar-refractivity contribution in [3.63, 3.8) is 0 Å². The predicted octanol–water partition coefficient (Wildman–Crippen LogP) is 2.32. The summed E-state index contributed by atoms with van der Waals surface area (Å²) < 4.78 is 42.0. The number of nitrogens with zero attached hydrogens (tertiary/aromatic N) is 3. The second-order valence-electron chi connectivity index (χ2n) is 5.46. The first-order valence-corrected chi connectivity index (χ1v) is 7.05. The molecule has 0 bridgehead atoms. The lowest BCUT2D eigenvalue weighted by molar-refractivity contribution is -0.207. The molecule has 0 radical (unpaired) electrons. The van der Waals surface area contributed by atoms with Crippen LogP contribution in [0.3, 0.4) is 0 Å². The number of hydrogen-bond donors (Lipinski definition) is 1. The molecule has 2 rings (SSSR count). The summed E-state index contributed by atoms with van der Waals surface area (Å²) in [7, 11) is 1.44. The van der Waals surface area contributed by atoms with Gasteiger partial charge in [-0.25, -0.2) is 0 Å². The van der Waals surface area contributed by atoms with Crippen LogP contribution in [-0.2, 0) is 13.0 Å². The van der Waals surface area contributed by atoms with Crippen LogP contribution in [0.5, 0.6) is 0 Å². The van der Waals surface area contributed by atoms with E-state index >= 15 is 0 Å². The SMILES string of the molecule is Cc1ccccc1Cc1noc(CN(C)CC(O)C(F)(F)F)n1. The number of benzene rings is 1. The van der Waals surface area contributed by atoms with Gasteiger partial charge in [-0.1, -0.05) is 29.4 Å². The smallest absolute Gasteiger partial charge is 0.382 e. The molecule has 126 valence electrons. The van der Waals surface area contributed by atoms with E-state index in [2.05, 4.69) is 10.1 Å². The van der Waals surface area contributed by atoms with Crippen LogP contribution in [0.1, 0.15) is 22.8 Å². The molecule has 1 aromatic carbocycles. The van der Waals surface area contributed by atoms with Crippen molar-refractivity contribution < 1.29 is 22.8 Å². The Morgan fingerprint density at radius 2 is 2.00 bits per heavy atom. The number of aryl methyl sites for hydroxylation is 1. The zero-order chi connectivity index (χ0) is 17.0. The monoisotopic (exact) mass is 329 g/mol. The molecule has 0 spiro atoms. The van der Waals surface area contributed by atoms with E-state index < -0.39 is 18.8 Å². The number of rotatable bonds is 6. The average Bonchev–Trinajstić information content (AvgIpc) is 2.87. The molecule has 8 heteroatoms. The summed E-state index contributed by atoms with van der Waals surface area (Å²) in [5.74, 6) is 0.685. The standard InChI is InChI=1S/C15H18F3N3O2/c1-10-5-3-4-6-11(10)7-13-19-14(23-20-13)9-21(2)8-12(22)15(16,17)18/h3-6,12,22H,7-9H2,1-2H3. The lowest BCUT2D eigenvalue weighted by Crippen LogP contribution is -2.39. The van der Waals surface area contributed by atoms with Gasteiger partial charge in [-0.2, -0.15) is 18.2 Å². The molecule has 0 saturated carbocycles. The molecule has 0 fully saturated rings. The van der Waals surface area contributed by atoms with Crippen LogP contribution in [0.2, 0.25) is 0 Å². The molecule has 0 aliphatic carbocycles. The van der Waals surface area contributed by atoms with E-state index in [0.29, 0.717) is 12.2 Å². The molecule has 0 aliphatic rings. The quantitative estimate of drug-likeness (QED) is 0.881. The summed E-state index contributed by atoms with van der Waals surface area (Å²) in [5.41, 5.74) is 2.16. The lowest BCUT2D eigenvalue weighted by Gasteiger charge is -2.20. The number of halogens is 3. The van der Waals surface area contributed by atoms with E-state index in [0.717, 1.165) is 11.1 Å². The minimum Gasteiger partial charge on any atom is -0.382 e. The van der Waals surface area contributed by atoms with Crippen molar-refractivity contribution in [2.75, 3.05) is 13.6 Å². The topological polar surface area (TPSA) is 62.4 Å². The summed E-state index contributed by atoms with van der Waals surface area (Å²) in [4.78, 5) is 5.45. The number of alkyl halides is 3. The fourth-order valence-corrected chi connectivity index (χ4v) is 2.10. The molecular weight excluding hydrogens is 311 g/mol. The molecule has 0 saturated heterocycles. The number of hydrogen-bond acceptors (Lipinski definition) is 5. The largest absolute Gasteiger partial charge is 0.415 e. The van der Waals surface area contributed by atoms with Crippen LogP contribution < -0.4 is 0 Å². The van der Waals surface area contributed by atoms with Crippen LogP contribution >= 0.6 is 0 Å². The van der Waals surface area contributed by atoms with E-state index in [9.17, 15) is 13.2 Å². The Balaban J connectivity index is 1.93. The second kappa shape index (κ2) is 7.10. The van der Waals surface area contributed by atoms with Crippen LogP contribution in [0.25, 0.3) is 0 Å². The Morgan fingerprint density at radius 3 is 2.65 bits per heavy atom. The normalized spacial score (nSPS) is 13.5. The van der Waals surface area contributed by atoms with Gasteiger partial charge >= 0.3 is 6.18 Å². The minimum absolute atomic E-state index is 0.0356. The van der Waals surface area contributed by atoms with Gasteiger partial charge in [0.15, 0.2) is 11.9 Å². The van der Waals surface area contributed by atoms with Gasteiger partial charge in [0, 0.05) is 13.0 Å². The highest BCUT2D eigenvalue weighted by Gasteiger charge is 2.38. The van der Waals surface area contributed by atoms with Gasteiger partial charge in [-0.05, 0) is 25.1 Å². The zero-order valence-electron chi connectivity index (χ0n) is 12.8. The molecular formula is C15H18F3N3O2. The van der Waals surface area contributed by atoms with Gasteiger partial charge in [0.2, 0.25) is 5.89 Å². The Morgan fingerprint density at radius 1 is 1.30 bits per heavy atom. The van der Waals surface area contributed by atoms with Gasteiger partial charge < -0.3 is 9.63 Å². The number of aliphatic hydroxyl groups excluding tert-OH is 1. The lowest BCUT2D eigenvalue weighted by atomic mass is 10.1. The van der Waals surface area contributed by atoms with Crippen molar-refractivity contribution in [2.45, 2.75) is 32.2 Å². The minimum atomic E-state index is -4.64. The van der Waals surface area contributed by atoms with Gasteiger partial charge in [0.05, 0.1) is 6.54 Å². The molecule has 1 atom stereocenters. The first-order valence-electron chi connectivity index (χ1n) is 7.05. The summed E-state index contributed by atoms with van der Waals surface area (Å²) in [5, 5.41) is 12.9. The highest BCUT2D eigenvalue weighted by atomic mass is 19.4. The zero-order valence-corrected chi connectivity index (χ0v) is 12.8. The van der Waals surface area contributed by atoms with E-state index in [1.807, 2.05) is 31.2 Å². The fourth-order valence-electron chi connectivity index (χ4n) is 2.10. The van der Waals surface area contributed by atoms with Crippen molar-refractivity contribution in [3.05, 3.63) is 47.1 Å². The van der Waals surface area contributed by atoms with Crippen molar-refractivity contribution in [3.8, 4) is 0 Å². The molecule has 1 N–H and O–H groups in total. The van der Waals surface area contributed by atoms with Crippen molar-refractivity contribution in [2.24, 2.45) is 0 Å². The Kier molecular flexibility index (Phi) is 5.38. The van der Waals surface area contributed by atoms with Crippen LogP contribution in [-0.4, -0.2) is 46.0 Å². The van der Waals surface area contributed by atoms with Gasteiger partial charge in [0.25, 0.3) is 0 Å². The summed E-state index contributed by atoms with van der Waals surface area (Å²) in [6, 6.07) is 7.77. The molecule has 2 aromatic rings. The maximum atomic E-state index is 12.3.